The van der Waals surface area contributed by atoms with Crippen molar-refractivity contribution >= 4 is 51.7 Å². The molecule has 0 saturated carbocycles. The Morgan fingerprint density at radius 2 is 1.89 bits per heavy atom. The number of aryl methyl sites for hydroxylation is 1. The molecular formula is C20H17Cl2NO4. The maximum Gasteiger partial charge on any atom is 0.310 e. The lowest BCUT2D eigenvalue weighted by Crippen LogP contribution is -2.22. The Hall–Kier alpha value is -2.50. The fourth-order valence-electron chi connectivity index (χ4n) is 2.63. The van der Waals surface area contributed by atoms with Crippen molar-refractivity contribution in [3.8, 4) is 0 Å². The summed E-state index contributed by atoms with van der Waals surface area (Å²) >= 11 is 12.0. The van der Waals surface area contributed by atoms with E-state index in [1.807, 2.05) is 18.2 Å². The number of furan rings is 1. The standard InChI is InChI=1S/C20H17Cl2NO4/c1-2-12-6-7-14-13(10-26-17(14)8-12)9-19(25)27-11-18(24)23-20-15(21)4-3-5-16(20)22/h3-8,10H,2,9,11H2,1H3,(H,23,24). The molecule has 0 spiro atoms. The van der Waals surface area contributed by atoms with E-state index < -0.39 is 18.5 Å². The Morgan fingerprint density at radius 1 is 1.15 bits per heavy atom. The molecule has 0 saturated heterocycles. The highest BCUT2D eigenvalue weighted by Crippen LogP contribution is 2.29. The molecule has 0 atom stereocenters. The van der Waals surface area contributed by atoms with Crippen LogP contribution in [0.15, 0.2) is 47.1 Å². The van der Waals surface area contributed by atoms with Crippen molar-refractivity contribution in [1.82, 2.24) is 0 Å². The van der Waals surface area contributed by atoms with E-state index in [4.69, 9.17) is 32.4 Å². The van der Waals surface area contributed by atoms with Gasteiger partial charge in [0.2, 0.25) is 0 Å². The molecule has 1 aromatic heterocycles. The van der Waals surface area contributed by atoms with E-state index in [0.29, 0.717) is 15.6 Å². The van der Waals surface area contributed by atoms with Crippen molar-refractivity contribution in [2.45, 2.75) is 19.8 Å². The number of nitrogens with one attached hydrogen (secondary N) is 1. The Morgan fingerprint density at radius 3 is 2.59 bits per heavy atom. The zero-order valence-electron chi connectivity index (χ0n) is 14.6. The summed E-state index contributed by atoms with van der Waals surface area (Å²) in [4.78, 5) is 24.1. The second-order valence-corrected chi connectivity index (χ2v) is 6.74. The lowest BCUT2D eigenvalue weighted by atomic mass is 10.1. The van der Waals surface area contributed by atoms with Crippen molar-refractivity contribution in [2.24, 2.45) is 0 Å². The number of hydrogen-bond donors (Lipinski definition) is 1. The van der Waals surface area contributed by atoms with E-state index in [2.05, 4.69) is 12.2 Å². The minimum Gasteiger partial charge on any atom is -0.464 e. The minimum atomic E-state index is -0.530. The van der Waals surface area contributed by atoms with Crippen LogP contribution >= 0.6 is 23.2 Å². The third-order valence-electron chi connectivity index (χ3n) is 4.05. The average Bonchev–Trinajstić information content (AvgIpc) is 3.05. The zero-order valence-corrected chi connectivity index (χ0v) is 16.1. The molecule has 3 aromatic rings. The van der Waals surface area contributed by atoms with E-state index in [1.54, 1.807) is 18.2 Å². The summed E-state index contributed by atoms with van der Waals surface area (Å²) in [7, 11) is 0. The molecule has 3 rings (SSSR count). The average molecular weight is 406 g/mol. The van der Waals surface area contributed by atoms with Gasteiger partial charge in [-0.1, -0.05) is 48.3 Å². The van der Waals surface area contributed by atoms with Gasteiger partial charge in [0.05, 0.1) is 28.4 Å². The predicted molar refractivity (Wildman–Crippen MR) is 105 cm³/mol. The molecule has 0 bridgehead atoms. The van der Waals surface area contributed by atoms with Crippen LogP contribution in [0.2, 0.25) is 10.0 Å². The van der Waals surface area contributed by atoms with Gasteiger partial charge in [-0.15, -0.1) is 0 Å². The summed E-state index contributed by atoms with van der Waals surface area (Å²) in [5.41, 5.74) is 2.88. The van der Waals surface area contributed by atoms with Gasteiger partial charge in [-0.3, -0.25) is 9.59 Å². The van der Waals surface area contributed by atoms with E-state index in [9.17, 15) is 9.59 Å². The van der Waals surface area contributed by atoms with E-state index in [1.165, 1.54) is 6.26 Å². The molecule has 0 aliphatic rings. The molecule has 0 unspecified atom stereocenters. The number of amides is 1. The summed E-state index contributed by atoms with van der Waals surface area (Å²) < 4.78 is 10.6. The largest absolute Gasteiger partial charge is 0.464 e. The molecule has 0 radical (unpaired) electrons. The molecule has 2 aromatic carbocycles. The van der Waals surface area contributed by atoms with E-state index in [-0.39, 0.29) is 12.1 Å². The van der Waals surface area contributed by atoms with Crippen LogP contribution in [0.1, 0.15) is 18.1 Å². The number of rotatable bonds is 6. The van der Waals surface area contributed by atoms with Crippen molar-refractivity contribution in [1.29, 1.82) is 0 Å². The number of ether oxygens (including phenoxy) is 1. The molecule has 7 heteroatoms. The van der Waals surface area contributed by atoms with Gasteiger partial charge in [-0.2, -0.15) is 0 Å². The third-order valence-corrected chi connectivity index (χ3v) is 4.68. The summed E-state index contributed by atoms with van der Waals surface area (Å²) in [5, 5.41) is 4.00. The van der Waals surface area contributed by atoms with E-state index >= 15 is 0 Å². The number of benzene rings is 2. The van der Waals surface area contributed by atoms with Gasteiger partial charge in [0.15, 0.2) is 6.61 Å². The topological polar surface area (TPSA) is 68.5 Å². The summed E-state index contributed by atoms with van der Waals surface area (Å²) in [6, 6.07) is 10.7. The smallest absolute Gasteiger partial charge is 0.310 e. The molecule has 0 aliphatic heterocycles. The molecule has 1 heterocycles. The first-order chi connectivity index (χ1) is 13.0. The molecule has 27 heavy (non-hydrogen) atoms. The van der Waals surface area contributed by atoms with E-state index in [0.717, 1.165) is 23.0 Å². The molecule has 1 N–H and O–H groups in total. The SMILES string of the molecule is CCc1ccc2c(CC(=O)OCC(=O)Nc3c(Cl)cccc3Cl)coc2c1. The third kappa shape index (κ3) is 4.62. The fraction of sp³-hybridized carbons (Fsp3) is 0.200. The van der Waals surface area contributed by atoms with Crippen LogP contribution in [0.5, 0.6) is 0 Å². The number of halogens is 2. The molecule has 0 fully saturated rings. The number of esters is 1. The van der Waals surface area contributed by atoms with Gasteiger partial charge in [0.25, 0.3) is 5.91 Å². The maximum atomic E-state index is 12.1. The van der Waals surface area contributed by atoms with Crippen LogP contribution in [0.4, 0.5) is 5.69 Å². The summed E-state index contributed by atoms with van der Waals surface area (Å²) in [6.07, 6.45) is 2.45. The molecular weight excluding hydrogens is 389 g/mol. The lowest BCUT2D eigenvalue weighted by molar-refractivity contribution is -0.146. The highest BCUT2D eigenvalue weighted by atomic mass is 35.5. The van der Waals surface area contributed by atoms with Crippen LogP contribution in [0, 0.1) is 0 Å². The Labute approximate surface area is 166 Å². The normalized spacial score (nSPS) is 10.8. The molecule has 5 nitrogen and oxygen atoms in total. The van der Waals surface area contributed by atoms with Crippen molar-refractivity contribution in [2.75, 3.05) is 11.9 Å². The highest BCUT2D eigenvalue weighted by molar-refractivity contribution is 6.39. The Bertz CT molecular complexity index is 977. The second kappa shape index (κ2) is 8.46. The van der Waals surface area contributed by atoms with Gasteiger partial charge in [0, 0.05) is 10.9 Å². The van der Waals surface area contributed by atoms with Crippen molar-refractivity contribution in [3.63, 3.8) is 0 Å². The van der Waals surface area contributed by atoms with Gasteiger partial charge in [0.1, 0.15) is 5.58 Å². The first-order valence-electron chi connectivity index (χ1n) is 8.36. The summed E-state index contributed by atoms with van der Waals surface area (Å²) in [6.45, 7) is 1.62. The number of para-hydroxylation sites is 1. The van der Waals surface area contributed by atoms with Crippen LogP contribution in [0.25, 0.3) is 11.0 Å². The first-order valence-corrected chi connectivity index (χ1v) is 9.12. The first kappa shape index (κ1) is 19.3. The van der Waals surface area contributed by atoms with Gasteiger partial charge in [-0.05, 0) is 30.2 Å². The van der Waals surface area contributed by atoms with Gasteiger partial charge in [-0.25, -0.2) is 0 Å². The quantitative estimate of drug-likeness (QED) is 0.584. The second-order valence-electron chi connectivity index (χ2n) is 5.93. The molecule has 0 aliphatic carbocycles. The maximum absolute atomic E-state index is 12.1. The van der Waals surface area contributed by atoms with Crippen molar-refractivity contribution in [3.05, 3.63) is 63.8 Å². The Balaban J connectivity index is 1.57. The lowest BCUT2D eigenvalue weighted by Gasteiger charge is -2.09. The monoisotopic (exact) mass is 405 g/mol. The predicted octanol–water partition coefficient (Wildman–Crippen LogP) is 5.03. The zero-order chi connectivity index (χ0) is 19.4. The highest BCUT2D eigenvalue weighted by Gasteiger charge is 2.15. The fourth-order valence-corrected chi connectivity index (χ4v) is 3.12. The molecule has 140 valence electrons. The van der Waals surface area contributed by atoms with Crippen LogP contribution < -0.4 is 5.32 Å². The van der Waals surface area contributed by atoms with Crippen LogP contribution in [-0.2, 0) is 27.2 Å². The number of anilines is 1. The number of carbonyl (C=O) groups excluding carboxylic acids is 2. The number of fused-ring (bicyclic) bond motifs is 1. The van der Waals surface area contributed by atoms with Crippen molar-refractivity contribution < 1.29 is 18.7 Å². The van der Waals surface area contributed by atoms with Crippen LogP contribution in [-0.4, -0.2) is 18.5 Å². The van der Waals surface area contributed by atoms with Crippen LogP contribution in [0.3, 0.4) is 0 Å². The minimum absolute atomic E-state index is 0.0125. The number of carbonyl (C=O) groups is 2. The summed E-state index contributed by atoms with van der Waals surface area (Å²) in [5.74, 6) is -1.05. The molecule has 1 amide bonds. The van der Waals surface area contributed by atoms with Gasteiger partial charge >= 0.3 is 5.97 Å². The van der Waals surface area contributed by atoms with Gasteiger partial charge < -0.3 is 14.5 Å². The number of hydrogen-bond acceptors (Lipinski definition) is 4. The Kier molecular flexibility index (Phi) is 6.04.